The number of fused-ring (bicyclic) bond motifs is 1. The highest BCUT2D eigenvalue weighted by atomic mass is 35.5. The van der Waals surface area contributed by atoms with Crippen LogP contribution < -0.4 is 5.32 Å². The number of amides is 2. The lowest BCUT2D eigenvalue weighted by atomic mass is 10.2. The number of nitrogens with one attached hydrogen (secondary N) is 2. The Bertz CT molecular complexity index is 1020. The molecule has 0 spiro atoms. The topological polar surface area (TPSA) is 107 Å². The molecule has 0 radical (unpaired) electrons. The minimum Gasteiger partial charge on any atom is -0.493 e. The molecule has 0 saturated heterocycles. The summed E-state index contributed by atoms with van der Waals surface area (Å²) in [6.45, 7) is -0.331. The predicted molar refractivity (Wildman–Crippen MR) is 98.3 cm³/mol. The van der Waals surface area contributed by atoms with Crippen molar-refractivity contribution in [2.24, 2.45) is 10.2 Å². The summed E-state index contributed by atoms with van der Waals surface area (Å²) in [4.78, 5) is 26.4. The lowest BCUT2D eigenvalue weighted by Crippen LogP contribution is -2.28. The maximum Gasteiger partial charge on any atom is 0.283 e. The fourth-order valence-corrected chi connectivity index (χ4v) is 2.82. The number of H-pyrrole nitrogens is 1. The molecule has 2 amide bonds. The van der Waals surface area contributed by atoms with Gasteiger partial charge in [-0.05, 0) is 24.3 Å². The van der Waals surface area contributed by atoms with Crippen LogP contribution in [-0.4, -0.2) is 28.4 Å². The van der Waals surface area contributed by atoms with E-state index in [0.29, 0.717) is 26.5 Å². The first-order chi connectivity index (χ1) is 12.5. The van der Waals surface area contributed by atoms with Gasteiger partial charge in [-0.2, -0.15) is 0 Å². The second-order valence-electron chi connectivity index (χ2n) is 5.27. The van der Waals surface area contributed by atoms with Crippen molar-refractivity contribution in [3.63, 3.8) is 0 Å². The molecule has 2 aromatic carbocycles. The number of aromatic nitrogens is 1. The largest absolute Gasteiger partial charge is 0.493 e. The quantitative estimate of drug-likeness (QED) is 0.580. The summed E-state index contributed by atoms with van der Waals surface area (Å²) in [5, 5.41) is 20.7. The standard InChI is InChI=1S/C17H12Cl2N4O3/c18-10-6-11-14(12(19)7-10)21-17(26)15(11)23-22-13(24)8-20-16(25)9-4-2-1-3-5-9/h1-7,21,26H,8H2,(H,20,25). The van der Waals surface area contributed by atoms with Gasteiger partial charge in [0.2, 0.25) is 5.88 Å². The van der Waals surface area contributed by atoms with Crippen molar-refractivity contribution in [2.75, 3.05) is 6.54 Å². The zero-order valence-electron chi connectivity index (χ0n) is 13.2. The highest BCUT2D eigenvalue weighted by Crippen LogP contribution is 2.40. The van der Waals surface area contributed by atoms with Gasteiger partial charge < -0.3 is 15.4 Å². The summed E-state index contributed by atoms with van der Waals surface area (Å²) < 4.78 is 0. The molecular weight excluding hydrogens is 379 g/mol. The molecule has 0 unspecified atom stereocenters. The molecule has 0 saturated carbocycles. The average Bonchev–Trinajstić information content (AvgIpc) is 2.94. The van der Waals surface area contributed by atoms with E-state index in [4.69, 9.17) is 23.2 Å². The summed E-state index contributed by atoms with van der Waals surface area (Å²) in [7, 11) is 0. The minimum absolute atomic E-state index is 0.0344. The van der Waals surface area contributed by atoms with E-state index in [9.17, 15) is 14.7 Å². The third-order valence-electron chi connectivity index (χ3n) is 3.48. The van der Waals surface area contributed by atoms with Crippen LogP contribution >= 0.6 is 23.2 Å². The second kappa shape index (κ2) is 7.55. The van der Waals surface area contributed by atoms with Gasteiger partial charge in [-0.15, -0.1) is 10.2 Å². The fourth-order valence-electron chi connectivity index (χ4n) is 2.28. The first-order valence-electron chi connectivity index (χ1n) is 7.43. The number of aromatic amines is 1. The van der Waals surface area contributed by atoms with Crippen LogP contribution in [0.3, 0.4) is 0 Å². The molecule has 0 atom stereocenters. The van der Waals surface area contributed by atoms with Crippen LogP contribution in [0.1, 0.15) is 10.4 Å². The van der Waals surface area contributed by atoms with Crippen molar-refractivity contribution in [2.45, 2.75) is 0 Å². The van der Waals surface area contributed by atoms with Crippen LogP contribution in [0.15, 0.2) is 52.7 Å². The van der Waals surface area contributed by atoms with Crippen LogP contribution in [0.25, 0.3) is 10.9 Å². The Labute approximate surface area is 157 Å². The second-order valence-corrected chi connectivity index (χ2v) is 6.12. The molecule has 3 aromatic rings. The number of halogens is 2. The lowest BCUT2D eigenvalue weighted by Gasteiger charge is -2.01. The molecule has 132 valence electrons. The van der Waals surface area contributed by atoms with Crippen LogP contribution in [-0.2, 0) is 4.79 Å². The van der Waals surface area contributed by atoms with Gasteiger partial charge in [0.25, 0.3) is 11.8 Å². The van der Waals surface area contributed by atoms with E-state index >= 15 is 0 Å². The fraction of sp³-hybridized carbons (Fsp3) is 0.0588. The number of nitrogens with zero attached hydrogens (tertiary/aromatic N) is 2. The first-order valence-corrected chi connectivity index (χ1v) is 8.19. The van der Waals surface area contributed by atoms with Crippen LogP contribution in [0.5, 0.6) is 5.88 Å². The molecule has 3 rings (SSSR count). The Morgan fingerprint density at radius 2 is 1.88 bits per heavy atom. The molecule has 0 aliphatic carbocycles. The van der Waals surface area contributed by atoms with E-state index in [2.05, 4.69) is 20.5 Å². The summed E-state index contributed by atoms with van der Waals surface area (Å²) in [6.07, 6.45) is 0. The van der Waals surface area contributed by atoms with E-state index in [1.807, 2.05) is 0 Å². The molecule has 9 heteroatoms. The van der Waals surface area contributed by atoms with E-state index in [1.165, 1.54) is 12.1 Å². The van der Waals surface area contributed by atoms with Crippen molar-refractivity contribution in [3.05, 3.63) is 58.1 Å². The van der Waals surface area contributed by atoms with Crippen LogP contribution in [0.4, 0.5) is 5.69 Å². The molecule has 0 bridgehead atoms. The third-order valence-corrected chi connectivity index (χ3v) is 3.99. The summed E-state index contributed by atoms with van der Waals surface area (Å²) in [5.74, 6) is -1.38. The molecule has 0 aliphatic rings. The van der Waals surface area contributed by atoms with Gasteiger partial charge in [0.1, 0.15) is 6.54 Å². The summed E-state index contributed by atoms with van der Waals surface area (Å²) >= 11 is 12.0. The maximum atomic E-state index is 11.9. The van der Waals surface area contributed by atoms with Gasteiger partial charge in [-0.1, -0.05) is 41.4 Å². The number of rotatable bonds is 4. The maximum absolute atomic E-state index is 11.9. The highest BCUT2D eigenvalue weighted by molar-refractivity contribution is 6.38. The average molecular weight is 391 g/mol. The molecule has 1 aromatic heterocycles. The van der Waals surface area contributed by atoms with E-state index in [1.54, 1.807) is 30.3 Å². The van der Waals surface area contributed by atoms with Gasteiger partial charge in [0.15, 0.2) is 5.69 Å². The smallest absolute Gasteiger partial charge is 0.283 e. The third kappa shape index (κ3) is 3.84. The van der Waals surface area contributed by atoms with Gasteiger partial charge in [-0.3, -0.25) is 9.59 Å². The zero-order valence-corrected chi connectivity index (χ0v) is 14.7. The number of aromatic hydroxyl groups is 1. The van der Waals surface area contributed by atoms with Gasteiger partial charge in [0.05, 0.1) is 10.5 Å². The number of carbonyl (C=O) groups excluding carboxylic acids is 2. The van der Waals surface area contributed by atoms with Crippen molar-refractivity contribution < 1.29 is 14.7 Å². The van der Waals surface area contributed by atoms with Crippen molar-refractivity contribution in [3.8, 4) is 5.88 Å². The Morgan fingerprint density at radius 3 is 2.62 bits per heavy atom. The minimum atomic E-state index is -0.684. The normalized spacial score (nSPS) is 11.2. The van der Waals surface area contributed by atoms with Gasteiger partial charge in [-0.25, -0.2) is 0 Å². The molecule has 7 nitrogen and oxygen atoms in total. The Morgan fingerprint density at radius 1 is 1.15 bits per heavy atom. The molecule has 0 aliphatic heterocycles. The van der Waals surface area contributed by atoms with Gasteiger partial charge >= 0.3 is 0 Å². The van der Waals surface area contributed by atoms with Crippen molar-refractivity contribution in [1.29, 1.82) is 0 Å². The van der Waals surface area contributed by atoms with Gasteiger partial charge in [0, 0.05) is 16.0 Å². The number of hydrogen-bond donors (Lipinski definition) is 3. The van der Waals surface area contributed by atoms with E-state index in [0.717, 1.165) is 0 Å². The van der Waals surface area contributed by atoms with Crippen LogP contribution in [0.2, 0.25) is 10.0 Å². The highest BCUT2D eigenvalue weighted by Gasteiger charge is 2.14. The number of benzene rings is 2. The monoisotopic (exact) mass is 390 g/mol. The number of azo groups is 1. The summed E-state index contributed by atoms with van der Waals surface area (Å²) in [6, 6.07) is 11.5. The Balaban J connectivity index is 1.72. The van der Waals surface area contributed by atoms with Crippen molar-refractivity contribution >= 4 is 51.6 Å². The number of hydrogen-bond acceptors (Lipinski definition) is 4. The predicted octanol–water partition coefficient (Wildman–Crippen LogP) is 4.22. The van der Waals surface area contributed by atoms with E-state index in [-0.39, 0.29) is 18.1 Å². The molecule has 26 heavy (non-hydrogen) atoms. The van der Waals surface area contributed by atoms with Crippen molar-refractivity contribution in [1.82, 2.24) is 10.3 Å². The first kappa shape index (κ1) is 17.9. The number of carbonyl (C=O) groups is 2. The summed E-state index contributed by atoms with van der Waals surface area (Å²) in [5.41, 5.74) is 0.885. The molecule has 1 heterocycles. The zero-order chi connectivity index (χ0) is 18.7. The molecule has 0 fully saturated rings. The van der Waals surface area contributed by atoms with E-state index < -0.39 is 11.8 Å². The Hall–Kier alpha value is -2.90. The van der Waals surface area contributed by atoms with Crippen LogP contribution in [0, 0.1) is 0 Å². The molecule has 3 N–H and O–H groups in total. The Kier molecular flexibility index (Phi) is 5.20. The SMILES string of the molecule is O=C(CNC(=O)c1ccccc1)N=Nc1c(O)[nH]c2c(Cl)cc(Cl)cc12. The lowest BCUT2D eigenvalue weighted by molar-refractivity contribution is -0.117. The molecular formula is C17H12Cl2N4O3.